The molecule has 0 aromatic heterocycles. The largest absolute Gasteiger partial charge is 0.466 e. The van der Waals surface area contributed by atoms with Crippen LogP contribution in [0.25, 0.3) is 0 Å². The summed E-state index contributed by atoms with van der Waals surface area (Å²) >= 11 is 0. The molecule has 0 aromatic rings. The highest BCUT2D eigenvalue weighted by atomic mass is 16.7. The van der Waals surface area contributed by atoms with Crippen molar-refractivity contribution in [3.05, 3.63) is 60.8 Å². The Morgan fingerprint density at radius 2 is 0.887 bits per heavy atom. The van der Waals surface area contributed by atoms with E-state index < -0.39 is 49.5 Å². The number of hydrogen-bond acceptors (Lipinski definition) is 10. The first-order chi connectivity index (χ1) is 39.2. The zero-order valence-corrected chi connectivity index (χ0v) is 51.5. The molecule has 0 radical (unpaired) electrons. The fourth-order valence-corrected chi connectivity index (χ4v) is 10.3. The molecule has 0 spiro atoms. The van der Waals surface area contributed by atoms with Crippen LogP contribution in [0.15, 0.2) is 60.8 Å². The van der Waals surface area contributed by atoms with Gasteiger partial charge in [0.2, 0.25) is 5.91 Å². The number of carbonyl (C=O) groups excluding carboxylic acids is 2. The van der Waals surface area contributed by atoms with Gasteiger partial charge in [-0.3, -0.25) is 9.59 Å². The van der Waals surface area contributed by atoms with Crippen molar-refractivity contribution in [2.75, 3.05) is 19.8 Å². The minimum Gasteiger partial charge on any atom is -0.466 e. The maximum absolute atomic E-state index is 13.0. The number of hydrogen-bond donors (Lipinski definition) is 6. The molecule has 1 fully saturated rings. The van der Waals surface area contributed by atoms with Crippen LogP contribution in [0, 0.1) is 0 Å². The van der Waals surface area contributed by atoms with Crippen LogP contribution in [-0.4, -0.2) is 100 Å². The van der Waals surface area contributed by atoms with E-state index in [1.54, 1.807) is 6.08 Å². The van der Waals surface area contributed by atoms with Crippen molar-refractivity contribution in [3.63, 3.8) is 0 Å². The standard InChI is InChI=1S/C69H125NO10/c1-3-5-7-9-11-13-15-16-30-34-37-41-45-49-53-57-65(74)78-58-54-50-46-42-38-35-32-29-27-25-23-21-19-17-18-20-22-24-26-28-31-33-36-40-44-48-52-56-64(73)70-61(60-79-69-68(77)67(76)66(75)63(59-71)80-69)62(72)55-51-47-43-39-14-12-10-8-6-4-2/h6,8,14,17-18,21,23,39,51,55,61-63,66-69,71-72,75-77H,3-5,7,9-13,15-16,19-20,22,24-38,40-50,52-54,56-60H2,1-2H3,(H,70,73)/b8-6+,18-17-,23-21-,39-14+,55-51+. The zero-order valence-electron chi connectivity index (χ0n) is 51.5. The lowest BCUT2D eigenvalue weighted by Gasteiger charge is -2.40. The molecule has 6 N–H and O–H groups in total. The number of esters is 1. The van der Waals surface area contributed by atoms with Crippen molar-refractivity contribution in [2.24, 2.45) is 0 Å². The molecule has 0 bridgehead atoms. The lowest BCUT2D eigenvalue weighted by Crippen LogP contribution is -2.60. The van der Waals surface area contributed by atoms with E-state index >= 15 is 0 Å². The van der Waals surface area contributed by atoms with Gasteiger partial charge in [-0.15, -0.1) is 0 Å². The van der Waals surface area contributed by atoms with E-state index in [4.69, 9.17) is 14.2 Å². The molecule has 0 saturated carbocycles. The van der Waals surface area contributed by atoms with E-state index in [0.717, 1.165) is 83.5 Å². The first kappa shape index (κ1) is 75.4. The van der Waals surface area contributed by atoms with Crippen molar-refractivity contribution in [2.45, 2.75) is 346 Å². The average molecular weight is 1130 g/mol. The Bertz CT molecular complexity index is 1510. The molecule has 0 aliphatic carbocycles. The fraction of sp³-hybridized carbons (Fsp3) is 0.826. The maximum Gasteiger partial charge on any atom is 0.305 e. The second-order valence-electron chi connectivity index (χ2n) is 23.1. The highest BCUT2D eigenvalue weighted by Gasteiger charge is 2.44. The van der Waals surface area contributed by atoms with E-state index in [-0.39, 0.29) is 18.5 Å². The highest BCUT2D eigenvalue weighted by molar-refractivity contribution is 5.76. The summed E-state index contributed by atoms with van der Waals surface area (Å²) in [5.41, 5.74) is 0. The Labute approximate surface area is 490 Å². The quantitative estimate of drug-likeness (QED) is 0.0195. The van der Waals surface area contributed by atoms with Crippen molar-refractivity contribution in [1.82, 2.24) is 5.32 Å². The number of ether oxygens (including phenoxy) is 3. The van der Waals surface area contributed by atoms with Gasteiger partial charge in [0.25, 0.3) is 0 Å². The molecule has 466 valence electrons. The minimum atomic E-state index is -1.58. The Balaban J connectivity index is 1.98. The Morgan fingerprint density at radius 1 is 0.475 bits per heavy atom. The number of amides is 1. The monoisotopic (exact) mass is 1130 g/mol. The first-order valence-electron chi connectivity index (χ1n) is 33.6. The second-order valence-corrected chi connectivity index (χ2v) is 23.1. The summed E-state index contributed by atoms with van der Waals surface area (Å²) in [6.45, 7) is 4.21. The predicted molar refractivity (Wildman–Crippen MR) is 333 cm³/mol. The van der Waals surface area contributed by atoms with Crippen LogP contribution in [0.5, 0.6) is 0 Å². The van der Waals surface area contributed by atoms with Gasteiger partial charge in [-0.1, -0.05) is 267 Å². The fourth-order valence-electron chi connectivity index (χ4n) is 10.3. The van der Waals surface area contributed by atoms with Crippen molar-refractivity contribution >= 4 is 11.9 Å². The molecule has 7 unspecified atom stereocenters. The van der Waals surface area contributed by atoms with Crippen molar-refractivity contribution in [3.8, 4) is 0 Å². The van der Waals surface area contributed by atoms with E-state index in [2.05, 4.69) is 67.8 Å². The summed E-state index contributed by atoms with van der Waals surface area (Å²) < 4.78 is 16.7. The third-order valence-electron chi connectivity index (χ3n) is 15.6. The van der Waals surface area contributed by atoms with Gasteiger partial charge in [0.05, 0.1) is 32.0 Å². The molecular formula is C69H125NO10. The Kier molecular flexibility index (Phi) is 54.8. The van der Waals surface area contributed by atoms with Crippen LogP contribution in [0.4, 0.5) is 0 Å². The molecule has 80 heavy (non-hydrogen) atoms. The molecule has 1 amide bonds. The van der Waals surface area contributed by atoms with Crippen LogP contribution in [-0.2, 0) is 23.8 Å². The van der Waals surface area contributed by atoms with E-state index in [0.29, 0.717) is 19.4 Å². The van der Waals surface area contributed by atoms with Gasteiger partial charge in [-0.05, 0) is 83.5 Å². The van der Waals surface area contributed by atoms with Crippen molar-refractivity contribution < 1.29 is 49.3 Å². The van der Waals surface area contributed by atoms with Gasteiger partial charge >= 0.3 is 5.97 Å². The molecule has 0 aromatic carbocycles. The number of carbonyl (C=O) groups is 2. The van der Waals surface area contributed by atoms with Gasteiger partial charge in [0.1, 0.15) is 24.4 Å². The molecule has 11 nitrogen and oxygen atoms in total. The number of rotatable bonds is 58. The van der Waals surface area contributed by atoms with E-state index in [9.17, 15) is 35.1 Å². The number of unbranched alkanes of at least 4 members (excludes halogenated alkanes) is 36. The molecular weight excluding hydrogens is 1000 g/mol. The van der Waals surface area contributed by atoms with Crippen LogP contribution in [0.1, 0.15) is 303 Å². The normalized spacial score (nSPS) is 18.7. The summed E-state index contributed by atoms with van der Waals surface area (Å²) in [4.78, 5) is 25.1. The summed E-state index contributed by atoms with van der Waals surface area (Å²) in [5, 5.41) is 54.2. The number of aliphatic hydroxyl groups is 5. The lowest BCUT2D eigenvalue weighted by molar-refractivity contribution is -0.302. The van der Waals surface area contributed by atoms with Crippen LogP contribution in [0.3, 0.4) is 0 Å². The number of nitrogens with one attached hydrogen (secondary N) is 1. The van der Waals surface area contributed by atoms with E-state index in [1.807, 2.05) is 6.08 Å². The number of aliphatic hydroxyl groups excluding tert-OH is 5. The maximum atomic E-state index is 13.0. The first-order valence-corrected chi connectivity index (χ1v) is 33.6. The summed E-state index contributed by atoms with van der Waals surface area (Å²) in [7, 11) is 0. The van der Waals surface area contributed by atoms with Crippen LogP contribution >= 0.6 is 0 Å². The summed E-state index contributed by atoms with van der Waals surface area (Å²) in [6, 6.07) is -0.837. The summed E-state index contributed by atoms with van der Waals surface area (Å²) in [6.07, 6.45) is 66.5. The Hall–Kier alpha value is -2.64. The van der Waals surface area contributed by atoms with Gasteiger partial charge in [0.15, 0.2) is 6.29 Å². The van der Waals surface area contributed by atoms with E-state index in [1.165, 1.54) is 193 Å². The predicted octanol–water partition coefficient (Wildman–Crippen LogP) is 16.6. The Morgan fingerprint density at radius 3 is 1.36 bits per heavy atom. The zero-order chi connectivity index (χ0) is 58.0. The smallest absolute Gasteiger partial charge is 0.305 e. The molecule has 1 rings (SSSR count). The van der Waals surface area contributed by atoms with Crippen LogP contribution < -0.4 is 5.32 Å². The summed E-state index contributed by atoms with van der Waals surface area (Å²) in [5.74, 6) is -0.199. The molecule has 11 heteroatoms. The van der Waals surface area contributed by atoms with Gasteiger partial charge < -0.3 is 45.1 Å². The van der Waals surface area contributed by atoms with Crippen molar-refractivity contribution in [1.29, 1.82) is 0 Å². The average Bonchev–Trinajstić information content (AvgIpc) is 3.46. The van der Waals surface area contributed by atoms with Gasteiger partial charge in [-0.2, -0.15) is 0 Å². The second kappa shape index (κ2) is 58.1. The van der Waals surface area contributed by atoms with Gasteiger partial charge in [-0.25, -0.2) is 0 Å². The number of allylic oxidation sites excluding steroid dienone is 9. The minimum absolute atomic E-state index is 0.00304. The SMILES string of the molecule is CC/C=C/CC/C=C/CC/C=C/C(O)C(COC1OC(CO)C(O)C(O)C1O)NC(=O)CCCCCCCCCCCCC/C=C\C/C=C\CCCCCCCCCCCOC(=O)CCCCCCCCCCCCCCCCC. The topological polar surface area (TPSA) is 175 Å². The lowest BCUT2D eigenvalue weighted by atomic mass is 9.99. The molecule has 1 aliphatic heterocycles. The van der Waals surface area contributed by atoms with Crippen LogP contribution in [0.2, 0.25) is 0 Å². The molecule has 1 heterocycles. The third kappa shape index (κ3) is 46.8. The molecule has 1 saturated heterocycles. The highest BCUT2D eigenvalue weighted by Crippen LogP contribution is 2.23. The third-order valence-corrected chi connectivity index (χ3v) is 15.6. The molecule has 1 aliphatic rings. The molecule has 7 atom stereocenters. The van der Waals surface area contributed by atoms with Gasteiger partial charge in [0, 0.05) is 12.8 Å².